The lowest BCUT2D eigenvalue weighted by atomic mass is 10.0. The lowest BCUT2D eigenvalue weighted by molar-refractivity contribution is 0.544. The molecule has 1 aromatic carbocycles. The molecule has 0 amide bonds. The van der Waals surface area contributed by atoms with Gasteiger partial charge in [0.15, 0.2) is 0 Å². The Morgan fingerprint density at radius 2 is 2.11 bits per heavy atom. The van der Waals surface area contributed by atoms with Gasteiger partial charge in [0.05, 0.1) is 5.02 Å². The van der Waals surface area contributed by atoms with Gasteiger partial charge in [-0.25, -0.2) is 0 Å². The molecule has 2 aromatic rings. The van der Waals surface area contributed by atoms with Crippen molar-refractivity contribution in [1.82, 2.24) is 10.3 Å². The Bertz CT molecular complexity index is 531. The van der Waals surface area contributed by atoms with Crippen LogP contribution in [-0.4, -0.2) is 11.5 Å². The minimum absolute atomic E-state index is 0.171. The molecule has 1 aromatic heterocycles. The zero-order chi connectivity index (χ0) is 13.7. The number of hydrogen-bond donors (Lipinski definition) is 1. The third-order valence-electron chi connectivity index (χ3n) is 2.95. The predicted molar refractivity (Wildman–Crippen MR) is 83.5 cm³/mol. The molecule has 0 bridgehead atoms. The molecule has 100 valence electrons. The van der Waals surface area contributed by atoms with Crippen molar-refractivity contribution in [2.75, 3.05) is 6.54 Å². The first-order valence-electron chi connectivity index (χ1n) is 6.29. The van der Waals surface area contributed by atoms with Crippen LogP contribution in [0.2, 0.25) is 5.02 Å². The SMILES string of the molecule is CCNC(Cc1ccccn1)c1cccc(Br)c1Cl. The van der Waals surface area contributed by atoms with E-state index >= 15 is 0 Å². The van der Waals surface area contributed by atoms with Gasteiger partial charge >= 0.3 is 0 Å². The van der Waals surface area contributed by atoms with Gasteiger partial charge in [0, 0.05) is 28.8 Å². The second kappa shape index (κ2) is 7.04. The molecular formula is C15H16BrClN2. The molecule has 0 aliphatic rings. The molecular weight excluding hydrogens is 324 g/mol. The van der Waals surface area contributed by atoms with E-state index in [-0.39, 0.29) is 6.04 Å². The monoisotopic (exact) mass is 338 g/mol. The molecule has 0 saturated heterocycles. The third kappa shape index (κ3) is 3.78. The van der Waals surface area contributed by atoms with Crippen LogP contribution in [0.4, 0.5) is 0 Å². The second-order valence-corrected chi connectivity index (χ2v) is 5.51. The van der Waals surface area contributed by atoms with E-state index in [1.54, 1.807) is 0 Å². The van der Waals surface area contributed by atoms with Crippen LogP contribution >= 0.6 is 27.5 Å². The zero-order valence-corrected chi connectivity index (χ0v) is 13.1. The molecule has 0 radical (unpaired) electrons. The Morgan fingerprint density at radius 3 is 2.79 bits per heavy atom. The van der Waals surface area contributed by atoms with Crippen molar-refractivity contribution in [3.8, 4) is 0 Å². The molecule has 19 heavy (non-hydrogen) atoms. The second-order valence-electron chi connectivity index (χ2n) is 4.28. The van der Waals surface area contributed by atoms with Crippen LogP contribution in [0.1, 0.15) is 24.2 Å². The average Bonchev–Trinajstić information content (AvgIpc) is 2.43. The highest BCUT2D eigenvalue weighted by Crippen LogP contribution is 2.31. The van der Waals surface area contributed by atoms with Gasteiger partial charge in [0.25, 0.3) is 0 Å². The fourth-order valence-corrected chi connectivity index (χ4v) is 2.70. The zero-order valence-electron chi connectivity index (χ0n) is 10.7. The van der Waals surface area contributed by atoms with Gasteiger partial charge in [-0.05, 0) is 46.2 Å². The number of halogens is 2. The number of hydrogen-bond acceptors (Lipinski definition) is 2. The molecule has 0 spiro atoms. The van der Waals surface area contributed by atoms with Crippen LogP contribution in [0.5, 0.6) is 0 Å². The van der Waals surface area contributed by atoms with E-state index in [0.29, 0.717) is 0 Å². The number of aromatic nitrogens is 1. The molecule has 0 aliphatic heterocycles. The lowest BCUT2D eigenvalue weighted by Crippen LogP contribution is -2.23. The summed E-state index contributed by atoms with van der Waals surface area (Å²) in [7, 11) is 0. The molecule has 0 aliphatic carbocycles. The smallest absolute Gasteiger partial charge is 0.0595 e. The fraction of sp³-hybridized carbons (Fsp3) is 0.267. The first-order valence-corrected chi connectivity index (χ1v) is 7.46. The van der Waals surface area contributed by atoms with Gasteiger partial charge < -0.3 is 5.32 Å². The van der Waals surface area contributed by atoms with Crippen molar-refractivity contribution < 1.29 is 0 Å². The first-order chi connectivity index (χ1) is 9.22. The summed E-state index contributed by atoms with van der Waals surface area (Å²) in [5, 5.41) is 4.24. The Labute approximate surface area is 127 Å². The normalized spacial score (nSPS) is 12.4. The predicted octanol–water partition coefficient (Wildman–Crippen LogP) is 4.39. The van der Waals surface area contributed by atoms with Gasteiger partial charge in [0.2, 0.25) is 0 Å². The van der Waals surface area contributed by atoms with Crippen molar-refractivity contribution in [3.05, 3.63) is 63.3 Å². The summed E-state index contributed by atoms with van der Waals surface area (Å²) >= 11 is 9.86. The van der Waals surface area contributed by atoms with E-state index in [0.717, 1.165) is 33.7 Å². The van der Waals surface area contributed by atoms with Crippen LogP contribution < -0.4 is 5.32 Å². The maximum absolute atomic E-state index is 6.38. The van der Waals surface area contributed by atoms with Gasteiger partial charge in [-0.2, -0.15) is 0 Å². The summed E-state index contributed by atoms with van der Waals surface area (Å²) in [5.41, 5.74) is 2.16. The van der Waals surface area contributed by atoms with E-state index in [2.05, 4.69) is 39.2 Å². The highest BCUT2D eigenvalue weighted by Gasteiger charge is 2.16. The molecule has 1 N–H and O–H groups in total. The summed E-state index contributed by atoms with van der Waals surface area (Å²) in [4.78, 5) is 4.38. The standard InChI is InChI=1S/C15H16BrClN2/c1-2-18-14(10-11-6-3-4-9-19-11)12-7-5-8-13(16)15(12)17/h3-9,14,18H,2,10H2,1H3. The van der Waals surface area contributed by atoms with Crippen molar-refractivity contribution in [3.63, 3.8) is 0 Å². The number of nitrogens with zero attached hydrogens (tertiary/aromatic N) is 1. The summed E-state index contributed by atoms with van der Waals surface area (Å²) in [5.74, 6) is 0. The number of benzene rings is 1. The van der Waals surface area contributed by atoms with Crippen molar-refractivity contribution >= 4 is 27.5 Å². The Kier molecular flexibility index (Phi) is 5.37. The van der Waals surface area contributed by atoms with Gasteiger partial charge in [-0.15, -0.1) is 0 Å². The van der Waals surface area contributed by atoms with Gasteiger partial charge in [0.1, 0.15) is 0 Å². The van der Waals surface area contributed by atoms with Crippen LogP contribution in [0.3, 0.4) is 0 Å². The maximum Gasteiger partial charge on any atom is 0.0595 e. The van der Waals surface area contributed by atoms with Crippen LogP contribution in [0.15, 0.2) is 47.1 Å². The summed E-state index contributed by atoms with van der Waals surface area (Å²) < 4.78 is 0.926. The minimum atomic E-state index is 0.171. The highest BCUT2D eigenvalue weighted by molar-refractivity contribution is 9.10. The van der Waals surface area contributed by atoms with E-state index in [1.165, 1.54) is 0 Å². The van der Waals surface area contributed by atoms with E-state index in [1.807, 2.05) is 36.5 Å². The minimum Gasteiger partial charge on any atom is -0.310 e. The number of rotatable bonds is 5. The fourth-order valence-electron chi connectivity index (χ4n) is 2.06. The van der Waals surface area contributed by atoms with Gasteiger partial charge in [-0.1, -0.05) is 36.7 Å². The maximum atomic E-state index is 6.38. The molecule has 2 rings (SSSR count). The number of likely N-dealkylation sites (N-methyl/N-ethyl adjacent to an activating group) is 1. The summed E-state index contributed by atoms with van der Waals surface area (Å²) in [6.45, 7) is 2.98. The lowest BCUT2D eigenvalue weighted by Gasteiger charge is -2.19. The van der Waals surface area contributed by atoms with Crippen LogP contribution in [0.25, 0.3) is 0 Å². The van der Waals surface area contributed by atoms with Crippen molar-refractivity contribution in [2.24, 2.45) is 0 Å². The molecule has 0 saturated carbocycles. The third-order valence-corrected chi connectivity index (χ3v) is 4.26. The van der Waals surface area contributed by atoms with E-state index in [9.17, 15) is 0 Å². The van der Waals surface area contributed by atoms with Crippen LogP contribution in [-0.2, 0) is 6.42 Å². The Balaban J connectivity index is 2.27. The molecule has 2 nitrogen and oxygen atoms in total. The summed E-state index contributed by atoms with van der Waals surface area (Å²) in [6.07, 6.45) is 2.64. The quantitative estimate of drug-likeness (QED) is 0.874. The number of nitrogens with one attached hydrogen (secondary N) is 1. The van der Waals surface area contributed by atoms with E-state index in [4.69, 9.17) is 11.6 Å². The van der Waals surface area contributed by atoms with Gasteiger partial charge in [-0.3, -0.25) is 4.98 Å². The molecule has 1 unspecified atom stereocenters. The largest absolute Gasteiger partial charge is 0.310 e. The van der Waals surface area contributed by atoms with Crippen molar-refractivity contribution in [1.29, 1.82) is 0 Å². The molecule has 4 heteroatoms. The highest BCUT2D eigenvalue weighted by atomic mass is 79.9. The number of pyridine rings is 1. The molecule has 0 fully saturated rings. The summed E-state index contributed by atoms with van der Waals surface area (Å²) in [6, 6.07) is 12.2. The van der Waals surface area contributed by atoms with E-state index < -0.39 is 0 Å². The first kappa shape index (κ1) is 14.5. The average molecular weight is 340 g/mol. The molecule has 1 atom stereocenters. The Morgan fingerprint density at radius 1 is 1.26 bits per heavy atom. The topological polar surface area (TPSA) is 24.9 Å². The molecule has 1 heterocycles. The van der Waals surface area contributed by atoms with Crippen LogP contribution in [0, 0.1) is 0 Å². The Hall–Kier alpha value is -0.900. The van der Waals surface area contributed by atoms with Crippen molar-refractivity contribution in [2.45, 2.75) is 19.4 Å².